The molecule has 1 heterocycles. The van der Waals surface area contributed by atoms with Crippen molar-refractivity contribution in [1.29, 1.82) is 0 Å². The van der Waals surface area contributed by atoms with Crippen LogP contribution in [0.1, 0.15) is 38.2 Å². The summed E-state index contributed by atoms with van der Waals surface area (Å²) in [5, 5.41) is 3.94. The van der Waals surface area contributed by atoms with Gasteiger partial charge in [-0.3, -0.25) is 4.79 Å². The highest BCUT2D eigenvalue weighted by atomic mass is 19.1. The number of carbonyl (C=O) groups is 1. The summed E-state index contributed by atoms with van der Waals surface area (Å²) in [7, 11) is 0. The molecule has 106 valence electrons. The van der Waals surface area contributed by atoms with Crippen LogP contribution in [0.4, 0.5) is 4.39 Å². The first-order chi connectivity index (χ1) is 9.64. The molecule has 0 aliphatic heterocycles. The van der Waals surface area contributed by atoms with Gasteiger partial charge in [-0.25, -0.2) is 4.39 Å². The third-order valence-corrected chi connectivity index (χ3v) is 4.17. The Hall–Kier alpha value is -1.84. The third kappa shape index (κ3) is 2.30. The molecule has 2 N–H and O–H groups in total. The molecule has 1 saturated carbocycles. The van der Waals surface area contributed by atoms with Crippen molar-refractivity contribution in [2.24, 2.45) is 0 Å². The van der Waals surface area contributed by atoms with Crippen LogP contribution in [0.15, 0.2) is 24.4 Å². The molecule has 0 saturated heterocycles. The van der Waals surface area contributed by atoms with Gasteiger partial charge in [0.25, 0.3) is 0 Å². The average Bonchev–Trinajstić information content (AvgIpc) is 3.10. The SMILES string of the molecule is CCCC(=O)NCC1(c2c[nH]c3ccc(F)cc23)CC1. The van der Waals surface area contributed by atoms with Crippen molar-refractivity contribution in [2.75, 3.05) is 6.54 Å². The Morgan fingerprint density at radius 2 is 2.25 bits per heavy atom. The summed E-state index contributed by atoms with van der Waals surface area (Å²) in [6.45, 7) is 2.64. The van der Waals surface area contributed by atoms with Gasteiger partial charge in [0.2, 0.25) is 5.91 Å². The van der Waals surface area contributed by atoms with Gasteiger partial charge >= 0.3 is 0 Å². The van der Waals surface area contributed by atoms with Crippen molar-refractivity contribution < 1.29 is 9.18 Å². The molecule has 20 heavy (non-hydrogen) atoms. The zero-order valence-electron chi connectivity index (χ0n) is 11.6. The molecule has 0 spiro atoms. The Morgan fingerprint density at radius 1 is 1.45 bits per heavy atom. The van der Waals surface area contributed by atoms with Crippen LogP contribution in [0.2, 0.25) is 0 Å². The lowest BCUT2D eigenvalue weighted by molar-refractivity contribution is -0.121. The fraction of sp³-hybridized carbons (Fsp3) is 0.438. The largest absolute Gasteiger partial charge is 0.361 e. The van der Waals surface area contributed by atoms with Crippen molar-refractivity contribution in [2.45, 2.75) is 38.0 Å². The molecular weight excluding hydrogens is 255 g/mol. The van der Waals surface area contributed by atoms with Crippen molar-refractivity contribution in [3.63, 3.8) is 0 Å². The Balaban J connectivity index is 1.83. The number of aromatic nitrogens is 1. The van der Waals surface area contributed by atoms with E-state index in [0.29, 0.717) is 13.0 Å². The first-order valence-electron chi connectivity index (χ1n) is 7.18. The molecule has 1 aliphatic carbocycles. The molecule has 0 bridgehead atoms. The summed E-state index contributed by atoms with van der Waals surface area (Å²) in [6, 6.07) is 4.81. The van der Waals surface area contributed by atoms with E-state index in [9.17, 15) is 9.18 Å². The number of hydrogen-bond acceptors (Lipinski definition) is 1. The minimum absolute atomic E-state index is 0.00452. The van der Waals surface area contributed by atoms with E-state index < -0.39 is 0 Å². The number of halogens is 1. The second kappa shape index (κ2) is 4.93. The summed E-state index contributed by atoms with van der Waals surface area (Å²) in [5.41, 5.74) is 2.08. The van der Waals surface area contributed by atoms with Crippen molar-refractivity contribution in [3.05, 3.63) is 35.8 Å². The predicted octanol–water partition coefficient (Wildman–Crippen LogP) is 3.25. The molecule has 3 nitrogen and oxygen atoms in total. The lowest BCUT2D eigenvalue weighted by Gasteiger charge is -2.15. The maximum absolute atomic E-state index is 13.4. The van der Waals surface area contributed by atoms with Gasteiger partial charge in [-0.1, -0.05) is 6.92 Å². The van der Waals surface area contributed by atoms with E-state index in [1.54, 1.807) is 12.1 Å². The molecule has 0 atom stereocenters. The number of carbonyl (C=O) groups excluding carboxylic acids is 1. The van der Waals surface area contributed by atoms with Gasteiger partial charge in [0, 0.05) is 35.5 Å². The maximum Gasteiger partial charge on any atom is 0.220 e. The van der Waals surface area contributed by atoms with Crippen LogP contribution in [-0.2, 0) is 10.2 Å². The molecule has 1 amide bonds. The minimum Gasteiger partial charge on any atom is -0.361 e. The van der Waals surface area contributed by atoms with E-state index in [2.05, 4.69) is 10.3 Å². The van der Waals surface area contributed by atoms with Gasteiger partial charge in [0.15, 0.2) is 0 Å². The fourth-order valence-corrected chi connectivity index (χ4v) is 2.81. The third-order valence-electron chi connectivity index (χ3n) is 4.17. The predicted molar refractivity (Wildman–Crippen MR) is 77.1 cm³/mol. The molecule has 2 aromatic rings. The van der Waals surface area contributed by atoms with E-state index in [4.69, 9.17) is 0 Å². The van der Waals surface area contributed by atoms with Crippen LogP contribution in [0.25, 0.3) is 10.9 Å². The number of nitrogens with one attached hydrogen (secondary N) is 2. The first-order valence-corrected chi connectivity index (χ1v) is 7.18. The van der Waals surface area contributed by atoms with Crippen molar-refractivity contribution in [3.8, 4) is 0 Å². The standard InChI is InChI=1S/C16H19FN2O/c1-2-3-15(20)19-10-16(6-7-16)13-9-18-14-5-4-11(17)8-12(13)14/h4-5,8-9,18H,2-3,6-7,10H2,1H3,(H,19,20). The van der Waals surface area contributed by atoms with Gasteiger partial charge in [-0.2, -0.15) is 0 Å². The van der Waals surface area contributed by atoms with E-state index in [0.717, 1.165) is 35.7 Å². The Bertz CT molecular complexity index is 643. The Labute approximate surface area is 117 Å². The zero-order chi connectivity index (χ0) is 14.2. The number of rotatable bonds is 5. The number of benzene rings is 1. The second-order valence-electron chi connectivity index (χ2n) is 5.70. The van der Waals surface area contributed by atoms with Crippen molar-refractivity contribution >= 4 is 16.8 Å². The highest BCUT2D eigenvalue weighted by molar-refractivity contribution is 5.85. The molecule has 1 aromatic carbocycles. The Morgan fingerprint density at radius 3 is 2.95 bits per heavy atom. The maximum atomic E-state index is 13.4. The van der Waals surface area contributed by atoms with E-state index >= 15 is 0 Å². The van der Waals surface area contributed by atoms with Gasteiger partial charge in [0.05, 0.1) is 0 Å². The monoisotopic (exact) mass is 274 g/mol. The summed E-state index contributed by atoms with van der Waals surface area (Å²) in [4.78, 5) is 14.8. The van der Waals surface area contributed by atoms with Gasteiger partial charge in [-0.15, -0.1) is 0 Å². The molecule has 1 aliphatic rings. The molecule has 0 unspecified atom stereocenters. The van der Waals surface area contributed by atoms with Crippen molar-refractivity contribution in [1.82, 2.24) is 10.3 Å². The van der Waals surface area contributed by atoms with E-state index in [1.165, 1.54) is 6.07 Å². The number of H-pyrrole nitrogens is 1. The molecule has 3 rings (SSSR count). The quantitative estimate of drug-likeness (QED) is 0.863. The van der Waals surface area contributed by atoms with Crippen LogP contribution in [0.5, 0.6) is 0 Å². The highest BCUT2D eigenvalue weighted by Gasteiger charge is 2.45. The minimum atomic E-state index is -0.218. The number of hydrogen-bond donors (Lipinski definition) is 2. The first kappa shape index (κ1) is 13.2. The summed E-state index contributed by atoms with van der Waals surface area (Å²) in [5.74, 6) is -0.117. The number of amides is 1. The normalized spacial score (nSPS) is 16.3. The molecule has 4 heteroatoms. The van der Waals surface area contributed by atoms with Crippen LogP contribution in [0, 0.1) is 5.82 Å². The molecule has 1 aromatic heterocycles. The summed E-state index contributed by atoms with van der Waals surface area (Å²) < 4.78 is 13.4. The molecule has 0 radical (unpaired) electrons. The zero-order valence-corrected chi connectivity index (χ0v) is 11.6. The summed E-state index contributed by atoms with van der Waals surface area (Å²) in [6.07, 6.45) is 5.48. The van der Waals surface area contributed by atoms with E-state index in [1.807, 2.05) is 13.1 Å². The second-order valence-corrected chi connectivity index (χ2v) is 5.70. The van der Waals surface area contributed by atoms with Crippen LogP contribution >= 0.6 is 0 Å². The number of fused-ring (bicyclic) bond motifs is 1. The van der Waals surface area contributed by atoms with Gasteiger partial charge in [-0.05, 0) is 43.0 Å². The molecular formula is C16H19FN2O. The fourth-order valence-electron chi connectivity index (χ4n) is 2.81. The van der Waals surface area contributed by atoms with E-state index in [-0.39, 0.29) is 17.1 Å². The van der Waals surface area contributed by atoms with Gasteiger partial charge < -0.3 is 10.3 Å². The summed E-state index contributed by atoms with van der Waals surface area (Å²) >= 11 is 0. The Kier molecular flexibility index (Phi) is 3.24. The lowest BCUT2D eigenvalue weighted by Crippen LogP contribution is -2.31. The van der Waals surface area contributed by atoms with Gasteiger partial charge in [0.1, 0.15) is 5.82 Å². The van der Waals surface area contributed by atoms with Crippen LogP contribution in [-0.4, -0.2) is 17.4 Å². The van der Waals surface area contributed by atoms with Crippen LogP contribution in [0.3, 0.4) is 0 Å². The number of aromatic amines is 1. The lowest BCUT2D eigenvalue weighted by atomic mass is 9.95. The topological polar surface area (TPSA) is 44.9 Å². The average molecular weight is 274 g/mol. The molecule has 1 fully saturated rings. The highest BCUT2D eigenvalue weighted by Crippen LogP contribution is 2.50. The smallest absolute Gasteiger partial charge is 0.220 e. The van der Waals surface area contributed by atoms with Crippen LogP contribution < -0.4 is 5.32 Å².